The molecular formula is C21H25N3OS2. The van der Waals surface area contributed by atoms with Crippen LogP contribution < -0.4 is 16.2 Å². The molecule has 6 heteroatoms. The summed E-state index contributed by atoms with van der Waals surface area (Å²) in [5.41, 5.74) is 11.3. The van der Waals surface area contributed by atoms with Gasteiger partial charge < -0.3 is 5.73 Å². The van der Waals surface area contributed by atoms with Crippen molar-refractivity contribution in [2.45, 2.75) is 49.2 Å². The number of anilines is 1. The molecule has 0 saturated heterocycles. The van der Waals surface area contributed by atoms with Crippen molar-refractivity contribution in [2.24, 2.45) is 5.73 Å². The van der Waals surface area contributed by atoms with Crippen molar-refractivity contribution < 1.29 is 4.79 Å². The van der Waals surface area contributed by atoms with Gasteiger partial charge in [-0.2, -0.15) is 0 Å². The van der Waals surface area contributed by atoms with Crippen molar-refractivity contribution in [2.75, 3.05) is 5.01 Å². The van der Waals surface area contributed by atoms with E-state index in [0.717, 1.165) is 12.1 Å². The van der Waals surface area contributed by atoms with Crippen molar-refractivity contribution >= 4 is 40.7 Å². The average Bonchev–Trinajstić information content (AvgIpc) is 2.58. The predicted molar refractivity (Wildman–Crippen MR) is 117 cm³/mol. The topological polar surface area (TPSA) is 58.4 Å². The first-order valence-corrected chi connectivity index (χ1v) is 10.1. The number of hydrazine groups is 1. The highest BCUT2D eigenvalue weighted by atomic mass is 32.2. The normalized spacial score (nSPS) is 16.9. The van der Waals surface area contributed by atoms with Crippen LogP contribution in [0.1, 0.15) is 50.0 Å². The Hall–Kier alpha value is -2.05. The largest absolute Gasteiger partial charge is 0.374 e. The standard InChI is InChI=1S/C21H25N3OS2/c1-20(2)13-21(3,4)27-17-11-10-15(12-16(17)20)24(19(22)26)23-18(25)14-8-6-5-7-9-14/h5-12H,13H2,1-4H3,(H2,22,26)(H,23,25). The Morgan fingerprint density at radius 3 is 2.44 bits per heavy atom. The summed E-state index contributed by atoms with van der Waals surface area (Å²) in [5, 5.41) is 1.58. The van der Waals surface area contributed by atoms with Gasteiger partial charge in [-0.05, 0) is 59.9 Å². The first-order valence-electron chi connectivity index (χ1n) is 8.88. The molecule has 2 aromatic carbocycles. The van der Waals surface area contributed by atoms with E-state index in [1.807, 2.05) is 36.0 Å². The van der Waals surface area contributed by atoms with Crippen LogP contribution in [-0.2, 0) is 5.41 Å². The highest BCUT2D eigenvalue weighted by Crippen LogP contribution is 2.51. The maximum atomic E-state index is 12.6. The summed E-state index contributed by atoms with van der Waals surface area (Å²) in [4.78, 5) is 13.8. The lowest BCUT2D eigenvalue weighted by Gasteiger charge is -2.42. The minimum atomic E-state index is -0.254. The molecular weight excluding hydrogens is 374 g/mol. The SMILES string of the molecule is CC1(C)CC(C)(C)c2cc(N(NC(=O)c3ccccc3)C(N)=S)ccc2S1. The first kappa shape index (κ1) is 19.7. The van der Waals surface area contributed by atoms with Crippen LogP contribution in [0.4, 0.5) is 5.69 Å². The third kappa shape index (κ3) is 4.28. The van der Waals surface area contributed by atoms with Crippen molar-refractivity contribution in [3.05, 3.63) is 59.7 Å². The molecule has 27 heavy (non-hydrogen) atoms. The molecule has 3 N–H and O–H groups in total. The van der Waals surface area contributed by atoms with Crippen molar-refractivity contribution in [1.82, 2.24) is 5.43 Å². The van der Waals surface area contributed by atoms with E-state index in [2.05, 4.69) is 45.3 Å². The Bertz CT molecular complexity index is 878. The van der Waals surface area contributed by atoms with Crippen LogP contribution in [0.25, 0.3) is 0 Å². The monoisotopic (exact) mass is 399 g/mol. The summed E-state index contributed by atoms with van der Waals surface area (Å²) in [6.45, 7) is 9.06. The third-order valence-corrected chi connectivity index (χ3v) is 6.13. The molecule has 0 unspecified atom stereocenters. The number of fused-ring (bicyclic) bond motifs is 1. The Morgan fingerprint density at radius 1 is 1.15 bits per heavy atom. The highest BCUT2D eigenvalue weighted by Gasteiger charge is 2.38. The van der Waals surface area contributed by atoms with Gasteiger partial charge in [0.25, 0.3) is 5.91 Å². The number of nitrogens with two attached hydrogens (primary N) is 1. The molecule has 0 saturated carbocycles. The molecule has 142 valence electrons. The minimum absolute atomic E-state index is 0.0193. The number of carbonyl (C=O) groups is 1. The number of hydrogen-bond acceptors (Lipinski definition) is 3. The third-order valence-electron chi connectivity index (χ3n) is 4.67. The highest BCUT2D eigenvalue weighted by molar-refractivity contribution is 8.00. The molecule has 0 bridgehead atoms. The van der Waals surface area contributed by atoms with Crippen molar-refractivity contribution in [3.8, 4) is 0 Å². The van der Waals surface area contributed by atoms with Gasteiger partial charge in [0, 0.05) is 15.2 Å². The van der Waals surface area contributed by atoms with Crippen molar-refractivity contribution in [1.29, 1.82) is 0 Å². The molecule has 1 heterocycles. The number of nitrogens with zero attached hydrogens (tertiary/aromatic N) is 1. The quantitative estimate of drug-likeness (QED) is 0.569. The van der Waals surface area contributed by atoms with Gasteiger partial charge in [0.2, 0.25) is 0 Å². The maximum absolute atomic E-state index is 12.6. The van der Waals surface area contributed by atoms with Gasteiger partial charge in [0.05, 0.1) is 5.69 Å². The lowest BCUT2D eigenvalue weighted by atomic mass is 9.77. The molecule has 0 aromatic heterocycles. The summed E-state index contributed by atoms with van der Waals surface area (Å²) >= 11 is 7.09. The lowest BCUT2D eigenvalue weighted by Crippen LogP contribution is -2.49. The molecule has 1 aliphatic rings. The van der Waals surface area contributed by atoms with Crippen LogP contribution in [0, 0.1) is 0 Å². The van der Waals surface area contributed by atoms with E-state index < -0.39 is 0 Å². The predicted octanol–water partition coefficient (Wildman–Crippen LogP) is 4.63. The molecule has 0 spiro atoms. The average molecular weight is 400 g/mol. The van der Waals surface area contributed by atoms with Gasteiger partial charge in [0.15, 0.2) is 5.11 Å². The summed E-state index contributed by atoms with van der Waals surface area (Å²) in [6.07, 6.45) is 1.06. The molecule has 0 atom stereocenters. The number of hydrogen-bond donors (Lipinski definition) is 2. The number of rotatable bonds is 2. The molecule has 4 nitrogen and oxygen atoms in total. The van der Waals surface area contributed by atoms with Gasteiger partial charge in [-0.3, -0.25) is 10.2 Å². The molecule has 3 rings (SSSR count). The second-order valence-electron chi connectivity index (χ2n) is 8.08. The molecule has 2 aromatic rings. The fourth-order valence-corrected chi connectivity index (χ4v) is 5.53. The fourth-order valence-electron chi connectivity index (χ4n) is 3.77. The number of thioether (sulfide) groups is 1. The molecule has 0 radical (unpaired) electrons. The van der Waals surface area contributed by atoms with Crippen LogP contribution in [-0.4, -0.2) is 15.8 Å². The Labute approximate surface area is 170 Å². The Balaban J connectivity index is 1.94. The Kier molecular flexibility index (Phi) is 5.23. The summed E-state index contributed by atoms with van der Waals surface area (Å²) in [5.74, 6) is -0.254. The summed E-state index contributed by atoms with van der Waals surface area (Å²) in [7, 11) is 0. The van der Waals surface area contributed by atoms with E-state index in [1.165, 1.54) is 15.5 Å². The van der Waals surface area contributed by atoms with Crippen LogP contribution in [0.5, 0.6) is 0 Å². The summed E-state index contributed by atoms with van der Waals surface area (Å²) in [6, 6.07) is 15.1. The summed E-state index contributed by atoms with van der Waals surface area (Å²) < 4.78 is 0.183. The van der Waals surface area contributed by atoms with Crippen LogP contribution in [0.2, 0.25) is 0 Å². The molecule has 1 amide bonds. The van der Waals surface area contributed by atoms with E-state index in [4.69, 9.17) is 18.0 Å². The fraction of sp³-hybridized carbons (Fsp3) is 0.333. The first-order chi connectivity index (χ1) is 12.6. The van der Waals surface area contributed by atoms with Gasteiger partial charge in [-0.15, -0.1) is 11.8 Å². The second-order valence-corrected chi connectivity index (χ2v) is 10.3. The van der Waals surface area contributed by atoms with E-state index >= 15 is 0 Å². The number of thiocarbonyl (C=S) groups is 1. The smallest absolute Gasteiger partial charge is 0.270 e. The number of nitrogens with one attached hydrogen (secondary N) is 1. The molecule has 0 fully saturated rings. The van der Waals surface area contributed by atoms with Crippen molar-refractivity contribution in [3.63, 3.8) is 0 Å². The zero-order valence-electron chi connectivity index (χ0n) is 16.1. The molecule has 0 aliphatic carbocycles. The van der Waals surface area contributed by atoms with E-state index in [9.17, 15) is 4.79 Å². The van der Waals surface area contributed by atoms with E-state index in [-0.39, 0.29) is 21.2 Å². The number of benzene rings is 2. The van der Waals surface area contributed by atoms with Gasteiger partial charge >= 0.3 is 0 Å². The van der Waals surface area contributed by atoms with Gasteiger partial charge in [0.1, 0.15) is 0 Å². The van der Waals surface area contributed by atoms with Crippen LogP contribution in [0.3, 0.4) is 0 Å². The lowest BCUT2D eigenvalue weighted by molar-refractivity contribution is 0.0955. The zero-order valence-corrected chi connectivity index (χ0v) is 17.7. The zero-order chi connectivity index (χ0) is 19.8. The van der Waals surface area contributed by atoms with Crippen LogP contribution in [0.15, 0.2) is 53.4 Å². The second kappa shape index (κ2) is 7.17. The minimum Gasteiger partial charge on any atom is -0.374 e. The van der Waals surface area contributed by atoms with E-state index in [1.54, 1.807) is 12.1 Å². The Morgan fingerprint density at radius 2 is 1.81 bits per heavy atom. The maximum Gasteiger partial charge on any atom is 0.270 e. The number of carbonyl (C=O) groups excluding carboxylic acids is 1. The molecule has 1 aliphatic heterocycles. The van der Waals surface area contributed by atoms with Gasteiger partial charge in [-0.1, -0.05) is 45.9 Å². The number of amides is 1. The van der Waals surface area contributed by atoms with E-state index in [0.29, 0.717) is 5.56 Å². The van der Waals surface area contributed by atoms with Gasteiger partial charge in [-0.25, -0.2) is 5.01 Å². The van der Waals surface area contributed by atoms with Crippen LogP contribution >= 0.6 is 24.0 Å².